The number of anilines is 3. The highest BCUT2D eigenvalue weighted by Crippen LogP contribution is 2.18. The topological polar surface area (TPSA) is 85.0 Å². The molecule has 0 spiro atoms. The molecule has 0 bridgehead atoms. The minimum Gasteiger partial charge on any atom is -0.369 e. The van der Waals surface area contributed by atoms with Gasteiger partial charge in [0.25, 0.3) is 0 Å². The van der Waals surface area contributed by atoms with Crippen molar-refractivity contribution in [2.24, 2.45) is 0 Å². The highest BCUT2D eigenvalue weighted by molar-refractivity contribution is 5.68. The summed E-state index contributed by atoms with van der Waals surface area (Å²) in [7, 11) is 2.16. The lowest BCUT2D eigenvalue weighted by atomic mass is 10.2. The number of nitrogens with zero attached hydrogens (tertiary/aromatic N) is 5. The third-order valence-electron chi connectivity index (χ3n) is 5.33. The number of likely N-dealkylation sites (N-methyl/N-ethyl adjacent to an activating group) is 1. The average molecular weight is 437 g/mol. The van der Waals surface area contributed by atoms with Gasteiger partial charge >= 0.3 is 0 Å². The molecule has 2 aromatic heterocycles. The maximum atomic E-state index is 13.2. The van der Waals surface area contributed by atoms with Gasteiger partial charge in [-0.2, -0.15) is 5.10 Å². The quantitative estimate of drug-likeness (QED) is 0.500. The van der Waals surface area contributed by atoms with E-state index in [-0.39, 0.29) is 5.82 Å². The molecule has 0 atom stereocenters. The highest BCUT2D eigenvalue weighted by atomic mass is 19.1. The standard InChI is InChI=1S/C23H29FN8/c1-17-15-23(30-29-17)28-22-16-21(25-9-10-32-13-11-31(2)12-14-32)26-20(27-22)8-5-18-3-6-19(24)7-4-18/h3-8,15-16H,9-14H2,1-2H3,(H3,25,26,27,28,29,30). The summed E-state index contributed by atoms with van der Waals surface area (Å²) in [5.74, 6) is 2.37. The van der Waals surface area contributed by atoms with Crippen LogP contribution in [-0.4, -0.2) is 76.3 Å². The maximum Gasteiger partial charge on any atom is 0.156 e. The molecule has 4 rings (SSSR count). The number of aromatic amines is 1. The molecular weight excluding hydrogens is 407 g/mol. The molecule has 3 aromatic rings. The van der Waals surface area contributed by atoms with Crippen molar-refractivity contribution in [2.75, 3.05) is 56.9 Å². The van der Waals surface area contributed by atoms with E-state index in [1.165, 1.54) is 12.1 Å². The van der Waals surface area contributed by atoms with E-state index in [9.17, 15) is 4.39 Å². The van der Waals surface area contributed by atoms with Gasteiger partial charge < -0.3 is 15.5 Å². The number of benzene rings is 1. The molecule has 0 radical (unpaired) electrons. The summed E-state index contributed by atoms with van der Waals surface area (Å²) in [4.78, 5) is 14.0. The van der Waals surface area contributed by atoms with Gasteiger partial charge in [0.05, 0.1) is 0 Å². The van der Waals surface area contributed by atoms with Gasteiger partial charge in [0.1, 0.15) is 17.5 Å². The zero-order valence-electron chi connectivity index (χ0n) is 18.5. The Bertz CT molecular complexity index is 1040. The second kappa shape index (κ2) is 10.3. The lowest BCUT2D eigenvalue weighted by Gasteiger charge is -2.32. The van der Waals surface area contributed by atoms with Gasteiger partial charge in [0, 0.05) is 57.1 Å². The number of H-pyrrole nitrogens is 1. The number of nitrogens with one attached hydrogen (secondary N) is 3. The number of hydrogen-bond donors (Lipinski definition) is 3. The molecule has 1 saturated heterocycles. The first kappa shape index (κ1) is 21.9. The van der Waals surface area contributed by atoms with Crippen molar-refractivity contribution in [2.45, 2.75) is 6.92 Å². The van der Waals surface area contributed by atoms with Crippen LogP contribution in [-0.2, 0) is 0 Å². The Balaban J connectivity index is 1.46. The van der Waals surface area contributed by atoms with Crippen molar-refractivity contribution in [3.63, 3.8) is 0 Å². The van der Waals surface area contributed by atoms with Crippen LogP contribution < -0.4 is 10.6 Å². The maximum absolute atomic E-state index is 13.2. The number of rotatable bonds is 8. The first-order chi connectivity index (χ1) is 15.5. The number of halogens is 1. The Kier molecular flexibility index (Phi) is 7.08. The van der Waals surface area contributed by atoms with Crippen LogP contribution in [0.1, 0.15) is 17.1 Å². The summed E-state index contributed by atoms with van der Waals surface area (Å²) >= 11 is 0. The lowest BCUT2D eigenvalue weighted by Crippen LogP contribution is -2.45. The number of aryl methyl sites for hydroxylation is 1. The van der Waals surface area contributed by atoms with Gasteiger partial charge in [-0.25, -0.2) is 14.4 Å². The molecule has 8 nitrogen and oxygen atoms in total. The van der Waals surface area contributed by atoms with Crippen molar-refractivity contribution in [3.05, 3.63) is 59.3 Å². The number of piperazine rings is 1. The second-order valence-corrected chi connectivity index (χ2v) is 8.01. The molecule has 1 aromatic carbocycles. The van der Waals surface area contributed by atoms with Crippen LogP contribution in [0.2, 0.25) is 0 Å². The largest absolute Gasteiger partial charge is 0.369 e. The molecule has 0 aliphatic carbocycles. The molecule has 0 unspecified atom stereocenters. The minimum absolute atomic E-state index is 0.259. The van der Waals surface area contributed by atoms with Crippen LogP contribution in [0.5, 0.6) is 0 Å². The van der Waals surface area contributed by atoms with E-state index in [0.29, 0.717) is 17.5 Å². The van der Waals surface area contributed by atoms with Crippen LogP contribution >= 0.6 is 0 Å². The van der Waals surface area contributed by atoms with Gasteiger partial charge in [0.2, 0.25) is 0 Å². The SMILES string of the molecule is Cc1cc(Nc2cc(NCCN3CCN(C)CC3)nc(C=Cc3ccc(F)cc3)n2)n[nH]1. The summed E-state index contributed by atoms with van der Waals surface area (Å²) in [6, 6.07) is 10.1. The van der Waals surface area contributed by atoms with Crippen LogP contribution in [0.4, 0.5) is 21.8 Å². The Labute approximate surface area is 187 Å². The highest BCUT2D eigenvalue weighted by Gasteiger charge is 2.13. The van der Waals surface area contributed by atoms with E-state index in [1.54, 1.807) is 12.1 Å². The predicted octanol–water partition coefficient (Wildman–Crippen LogP) is 3.22. The Hall–Kier alpha value is -3.30. The van der Waals surface area contributed by atoms with Gasteiger partial charge in [0.15, 0.2) is 11.6 Å². The molecular formula is C23H29FN8. The summed E-state index contributed by atoms with van der Waals surface area (Å²) in [5, 5.41) is 13.8. The Morgan fingerprint density at radius 2 is 1.75 bits per heavy atom. The van der Waals surface area contributed by atoms with Crippen molar-refractivity contribution < 1.29 is 4.39 Å². The molecule has 1 aliphatic rings. The van der Waals surface area contributed by atoms with E-state index in [0.717, 1.165) is 56.3 Å². The van der Waals surface area contributed by atoms with Crippen molar-refractivity contribution in [3.8, 4) is 0 Å². The van der Waals surface area contributed by atoms with Crippen molar-refractivity contribution >= 4 is 29.6 Å². The average Bonchev–Trinajstić information content (AvgIpc) is 3.19. The molecule has 0 saturated carbocycles. The summed E-state index contributed by atoms with van der Waals surface area (Å²) in [6.45, 7) is 8.06. The third-order valence-corrected chi connectivity index (χ3v) is 5.33. The van der Waals surface area contributed by atoms with Gasteiger partial charge in [-0.3, -0.25) is 10.00 Å². The van der Waals surface area contributed by atoms with E-state index < -0.39 is 0 Å². The zero-order chi connectivity index (χ0) is 22.3. The second-order valence-electron chi connectivity index (χ2n) is 8.01. The Morgan fingerprint density at radius 1 is 1.00 bits per heavy atom. The van der Waals surface area contributed by atoms with Gasteiger partial charge in [-0.1, -0.05) is 18.2 Å². The molecule has 0 amide bonds. The Morgan fingerprint density at radius 3 is 2.47 bits per heavy atom. The number of hydrogen-bond acceptors (Lipinski definition) is 7. The van der Waals surface area contributed by atoms with E-state index in [4.69, 9.17) is 0 Å². The zero-order valence-corrected chi connectivity index (χ0v) is 18.5. The fraction of sp³-hybridized carbons (Fsp3) is 0.348. The first-order valence-corrected chi connectivity index (χ1v) is 10.8. The van der Waals surface area contributed by atoms with Gasteiger partial charge in [-0.15, -0.1) is 0 Å². The third kappa shape index (κ3) is 6.35. The monoisotopic (exact) mass is 436 g/mol. The van der Waals surface area contributed by atoms with Crippen molar-refractivity contribution in [1.82, 2.24) is 30.0 Å². The van der Waals surface area contributed by atoms with Crippen molar-refractivity contribution in [1.29, 1.82) is 0 Å². The molecule has 1 aliphatic heterocycles. The van der Waals surface area contributed by atoms with Crippen LogP contribution in [0, 0.1) is 12.7 Å². The fourth-order valence-electron chi connectivity index (χ4n) is 3.47. The number of aromatic nitrogens is 4. The molecule has 168 valence electrons. The smallest absolute Gasteiger partial charge is 0.156 e. The van der Waals surface area contributed by atoms with E-state index in [2.05, 4.69) is 47.6 Å². The predicted molar refractivity (Wildman–Crippen MR) is 126 cm³/mol. The van der Waals surface area contributed by atoms with Crippen LogP contribution in [0.15, 0.2) is 36.4 Å². The van der Waals surface area contributed by atoms with E-state index >= 15 is 0 Å². The first-order valence-electron chi connectivity index (χ1n) is 10.8. The summed E-state index contributed by atoms with van der Waals surface area (Å²) in [5.41, 5.74) is 1.84. The summed E-state index contributed by atoms with van der Waals surface area (Å²) in [6.07, 6.45) is 3.69. The van der Waals surface area contributed by atoms with Crippen LogP contribution in [0.3, 0.4) is 0 Å². The molecule has 32 heavy (non-hydrogen) atoms. The molecule has 3 N–H and O–H groups in total. The fourth-order valence-corrected chi connectivity index (χ4v) is 3.47. The summed E-state index contributed by atoms with van der Waals surface area (Å²) < 4.78 is 13.2. The van der Waals surface area contributed by atoms with E-state index in [1.807, 2.05) is 31.2 Å². The molecule has 9 heteroatoms. The normalized spacial score (nSPS) is 15.3. The van der Waals surface area contributed by atoms with Gasteiger partial charge in [-0.05, 0) is 37.7 Å². The van der Waals surface area contributed by atoms with Crippen LogP contribution in [0.25, 0.3) is 12.2 Å². The molecule has 3 heterocycles. The molecule has 1 fully saturated rings. The minimum atomic E-state index is -0.259. The lowest BCUT2D eigenvalue weighted by molar-refractivity contribution is 0.158.